The minimum absolute atomic E-state index is 0.00470. The van der Waals surface area contributed by atoms with E-state index in [2.05, 4.69) is 40.7 Å². The van der Waals surface area contributed by atoms with Crippen LogP contribution in [0.15, 0.2) is 23.3 Å². The molecule has 7 N–H and O–H groups in total. The van der Waals surface area contributed by atoms with E-state index >= 15 is 0 Å². The average molecular weight is 637 g/mol. The monoisotopic (exact) mass is 636 g/mol. The number of fused-ring (bicyclic) bond motifs is 5. The minimum Gasteiger partial charge on any atom is -0.394 e. The molecule has 3 saturated carbocycles. The van der Waals surface area contributed by atoms with Crippen LogP contribution < -0.4 is 0 Å². The summed E-state index contributed by atoms with van der Waals surface area (Å²) in [5.74, 6) is -0.385. The number of hydrogen-bond donors (Lipinski definition) is 7. The highest BCUT2D eigenvalue weighted by Gasteiger charge is 2.72. The molecule has 9 heteroatoms. The van der Waals surface area contributed by atoms with Gasteiger partial charge >= 0.3 is 0 Å². The van der Waals surface area contributed by atoms with E-state index in [-0.39, 0.29) is 23.2 Å². The quantitative estimate of drug-likeness (QED) is 0.208. The van der Waals surface area contributed by atoms with Gasteiger partial charge in [-0.2, -0.15) is 0 Å². The zero-order valence-electron chi connectivity index (χ0n) is 28.6. The van der Waals surface area contributed by atoms with Gasteiger partial charge < -0.3 is 45.2 Å². The van der Waals surface area contributed by atoms with Crippen LogP contribution in [0.2, 0.25) is 0 Å². The average Bonchev–Trinajstić information content (AvgIpc) is 3.35. The van der Waals surface area contributed by atoms with Gasteiger partial charge in [-0.25, -0.2) is 0 Å². The lowest BCUT2D eigenvalue weighted by atomic mass is 9.37. The van der Waals surface area contributed by atoms with Crippen molar-refractivity contribution < 1.29 is 45.2 Å². The standard InChI is InChI=1S/C36H60O9/c1-19(2)10-9-13-35(7,45-31-30(43)29(42)28(41)22(18-37)44-31)20-11-15-34(6)27(20)21(38)16-24-33(5)14-12-25(39)32(3,4)23(33)17-26(40)36(24,34)8/h10,17,20-22,24-31,37-43H,9,11-16,18H2,1-8H3/t20-,21-,22+,24-,25-,26+,27+,28+,29-,30+,31-,33-,34-,35+,36-/m1/s1. The van der Waals surface area contributed by atoms with E-state index in [0.717, 1.165) is 30.4 Å². The minimum atomic E-state index is -1.55. The Balaban J connectivity index is 1.54. The second-order valence-corrected chi connectivity index (χ2v) is 16.9. The number of aliphatic hydroxyl groups is 7. The number of aliphatic hydroxyl groups excluding tert-OH is 7. The number of hydrogen-bond acceptors (Lipinski definition) is 9. The predicted octanol–water partition coefficient (Wildman–Crippen LogP) is 3.22. The molecule has 258 valence electrons. The topological polar surface area (TPSA) is 160 Å². The molecule has 5 aliphatic rings. The molecule has 1 saturated heterocycles. The summed E-state index contributed by atoms with van der Waals surface area (Å²) < 4.78 is 12.5. The first kappa shape index (κ1) is 35.4. The van der Waals surface area contributed by atoms with Crippen LogP contribution in [-0.2, 0) is 9.47 Å². The van der Waals surface area contributed by atoms with Gasteiger partial charge in [-0.1, -0.05) is 57.9 Å². The number of ether oxygens (including phenoxy) is 2. The molecule has 5 rings (SSSR count). The van der Waals surface area contributed by atoms with Gasteiger partial charge in [0.2, 0.25) is 0 Å². The highest BCUT2D eigenvalue weighted by molar-refractivity contribution is 5.36. The molecule has 4 fully saturated rings. The molecule has 0 aromatic heterocycles. The SMILES string of the molecule is CC(C)=CCC[C@](C)(O[C@H]1O[C@@H](CO)[C@H](O)[C@@H](O)[C@@H]1O)[C@@H]1CC[C@]2(C)[C@@H]1[C@H](O)C[C@H]1[C@]2(C)[C@@H](O)C=C2C(C)(C)[C@H](O)CC[C@]21C. The molecule has 45 heavy (non-hydrogen) atoms. The van der Waals surface area contributed by atoms with Gasteiger partial charge in [0.25, 0.3) is 0 Å². The molecule has 15 atom stereocenters. The van der Waals surface area contributed by atoms with Crippen molar-refractivity contribution in [2.45, 2.75) is 155 Å². The Morgan fingerprint density at radius 1 is 0.978 bits per heavy atom. The maximum absolute atomic E-state index is 12.2. The molecule has 0 radical (unpaired) electrons. The molecule has 0 unspecified atom stereocenters. The fourth-order valence-corrected chi connectivity index (χ4v) is 11.1. The summed E-state index contributed by atoms with van der Waals surface area (Å²) in [5, 5.41) is 77.0. The summed E-state index contributed by atoms with van der Waals surface area (Å²) in [4.78, 5) is 0. The van der Waals surface area contributed by atoms with Gasteiger partial charge in [0.1, 0.15) is 24.4 Å². The van der Waals surface area contributed by atoms with Gasteiger partial charge in [-0.3, -0.25) is 0 Å². The van der Waals surface area contributed by atoms with Crippen molar-refractivity contribution in [3.63, 3.8) is 0 Å². The highest BCUT2D eigenvalue weighted by atomic mass is 16.7. The molecule has 4 aliphatic carbocycles. The van der Waals surface area contributed by atoms with Crippen LogP contribution in [0.4, 0.5) is 0 Å². The van der Waals surface area contributed by atoms with Crippen LogP contribution in [0, 0.1) is 39.4 Å². The fourth-order valence-electron chi connectivity index (χ4n) is 11.1. The first-order valence-corrected chi connectivity index (χ1v) is 17.2. The van der Waals surface area contributed by atoms with E-state index in [1.165, 1.54) is 0 Å². The lowest BCUT2D eigenvalue weighted by Crippen LogP contribution is -2.68. The second-order valence-electron chi connectivity index (χ2n) is 16.9. The van der Waals surface area contributed by atoms with E-state index in [4.69, 9.17) is 9.47 Å². The first-order valence-electron chi connectivity index (χ1n) is 17.2. The Hall–Kier alpha value is -0.880. The van der Waals surface area contributed by atoms with Crippen molar-refractivity contribution in [1.82, 2.24) is 0 Å². The van der Waals surface area contributed by atoms with Gasteiger partial charge in [-0.15, -0.1) is 0 Å². The third kappa shape index (κ3) is 5.23. The summed E-state index contributed by atoms with van der Waals surface area (Å²) in [6.07, 6.45) is 0.100. The summed E-state index contributed by atoms with van der Waals surface area (Å²) in [5.41, 5.74) is -0.398. The molecule has 0 aromatic carbocycles. The number of allylic oxidation sites excluding steroid dienone is 2. The van der Waals surface area contributed by atoms with Crippen LogP contribution in [0.25, 0.3) is 0 Å². The molecular formula is C36H60O9. The third-order valence-corrected chi connectivity index (χ3v) is 14.0. The van der Waals surface area contributed by atoms with E-state index in [1.807, 2.05) is 26.8 Å². The summed E-state index contributed by atoms with van der Waals surface area (Å²) in [7, 11) is 0. The fraction of sp³-hybridized carbons (Fsp3) is 0.889. The predicted molar refractivity (Wildman–Crippen MR) is 170 cm³/mol. The Morgan fingerprint density at radius 2 is 1.64 bits per heavy atom. The molecule has 1 aliphatic heterocycles. The van der Waals surface area contributed by atoms with E-state index in [1.54, 1.807) is 0 Å². The van der Waals surface area contributed by atoms with Crippen LogP contribution in [-0.4, -0.2) is 97.0 Å². The third-order valence-electron chi connectivity index (χ3n) is 14.0. The lowest BCUT2D eigenvalue weighted by molar-refractivity contribution is -0.336. The van der Waals surface area contributed by atoms with Crippen LogP contribution >= 0.6 is 0 Å². The van der Waals surface area contributed by atoms with E-state index in [9.17, 15) is 35.7 Å². The Kier molecular flexibility index (Phi) is 9.38. The molecule has 0 spiro atoms. The molecule has 1 heterocycles. The summed E-state index contributed by atoms with van der Waals surface area (Å²) in [6.45, 7) is 16.4. The highest BCUT2D eigenvalue weighted by Crippen LogP contribution is 2.74. The zero-order valence-corrected chi connectivity index (χ0v) is 28.6. The smallest absolute Gasteiger partial charge is 0.187 e. The van der Waals surface area contributed by atoms with Crippen molar-refractivity contribution >= 4 is 0 Å². The molecule has 0 bridgehead atoms. The molecule has 0 amide bonds. The van der Waals surface area contributed by atoms with Crippen molar-refractivity contribution in [2.75, 3.05) is 6.61 Å². The lowest BCUT2D eigenvalue weighted by Gasteiger charge is -2.69. The Labute approximate surface area is 269 Å². The second kappa shape index (κ2) is 11.9. The summed E-state index contributed by atoms with van der Waals surface area (Å²) >= 11 is 0. The first-order chi connectivity index (χ1) is 20.8. The molecule has 9 nitrogen and oxygen atoms in total. The Morgan fingerprint density at radius 3 is 2.27 bits per heavy atom. The van der Waals surface area contributed by atoms with Crippen molar-refractivity contribution in [3.8, 4) is 0 Å². The van der Waals surface area contributed by atoms with E-state index in [0.29, 0.717) is 25.7 Å². The van der Waals surface area contributed by atoms with E-state index < -0.39 is 77.5 Å². The normalized spacial score (nSPS) is 50.5. The largest absolute Gasteiger partial charge is 0.394 e. The van der Waals surface area contributed by atoms with Crippen molar-refractivity contribution in [3.05, 3.63) is 23.3 Å². The van der Waals surface area contributed by atoms with Gasteiger partial charge in [0, 0.05) is 10.8 Å². The van der Waals surface area contributed by atoms with Gasteiger partial charge in [-0.05, 0) is 94.3 Å². The van der Waals surface area contributed by atoms with Crippen molar-refractivity contribution in [2.24, 2.45) is 39.4 Å². The van der Waals surface area contributed by atoms with Gasteiger partial charge in [0.15, 0.2) is 6.29 Å². The van der Waals surface area contributed by atoms with Gasteiger partial charge in [0.05, 0.1) is 30.5 Å². The van der Waals surface area contributed by atoms with Crippen molar-refractivity contribution in [1.29, 1.82) is 0 Å². The maximum Gasteiger partial charge on any atom is 0.187 e. The molecular weight excluding hydrogens is 576 g/mol. The van der Waals surface area contributed by atoms with Crippen LogP contribution in [0.3, 0.4) is 0 Å². The zero-order chi connectivity index (χ0) is 33.5. The maximum atomic E-state index is 12.2. The number of rotatable bonds is 7. The van der Waals surface area contributed by atoms with Crippen LogP contribution in [0.5, 0.6) is 0 Å². The Bertz CT molecular complexity index is 1160. The van der Waals surface area contributed by atoms with Crippen LogP contribution in [0.1, 0.15) is 100 Å². The molecule has 0 aromatic rings. The summed E-state index contributed by atoms with van der Waals surface area (Å²) in [6, 6.07) is 0.